The number of likely N-dealkylation sites (tertiary alicyclic amines) is 1. The zero-order valence-corrected chi connectivity index (χ0v) is 21.4. The molecule has 0 bridgehead atoms. The molecule has 5 rings (SSSR count). The van der Waals surface area contributed by atoms with E-state index in [1.54, 1.807) is 10.6 Å². The number of aromatic nitrogens is 3. The summed E-state index contributed by atoms with van der Waals surface area (Å²) in [6.07, 6.45) is 4.25. The number of aliphatic hydroxyl groups is 2. The molecule has 0 saturated carbocycles. The minimum absolute atomic E-state index is 0.105. The number of β-amino-alcohol motifs (C(OH)–C–C–N with tert-alkyl or cyclic N) is 1. The monoisotopic (exact) mass is 518 g/mol. The highest BCUT2D eigenvalue weighted by atomic mass is 35.5. The highest BCUT2D eigenvalue weighted by Gasteiger charge is 2.37. The van der Waals surface area contributed by atoms with Gasteiger partial charge in [-0.2, -0.15) is 9.97 Å². The third-order valence-corrected chi connectivity index (χ3v) is 7.92. The van der Waals surface area contributed by atoms with Crippen LogP contribution in [-0.4, -0.2) is 69.0 Å². The summed E-state index contributed by atoms with van der Waals surface area (Å²) in [5.41, 5.74) is 1.63. The lowest BCUT2D eigenvalue weighted by Gasteiger charge is -2.46. The van der Waals surface area contributed by atoms with E-state index in [1.807, 2.05) is 31.3 Å². The van der Waals surface area contributed by atoms with E-state index in [2.05, 4.69) is 15.1 Å². The van der Waals surface area contributed by atoms with Gasteiger partial charge in [-0.3, -0.25) is 0 Å². The number of fused-ring (bicyclic) bond motifs is 1. The van der Waals surface area contributed by atoms with Crippen molar-refractivity contribution in [3.63, 3.8) is 0 Å². The molecule has 1 aromatic carbocycles. The van der Waals surface area contributed by atoms with Crippen LogP contribution in [0.2, 0.25) is 10.0 Å². The quantitative estimate of drug-likeness (QED) is 0.415. The van der Waals surface area contributed by atoms with Gasteiger partial charge in [0.25, 0.3) is 0 Å². The van der Waals surface area contributed by atoms with Crippen molar-refractivity contribution < 1.29 is 10.2 Å². The summed E-state index contributed by atoms with van der Waals surface area (Å²) in [4.78, 5) is 14.3. The SMILES string of the molecule is CC(Nc1nc(N2CC([C@H]3CCCN(CCO)C3)C2)nc2c1ccn2CO)c1ccc(Cl)cc1Cl. The van der Waals surface area contributed by atoms with Crippen LogP contribution >= 0.6 is 23.2 Å². The Balaban J connectivity index is 1.36. The van der Waals surface area contributed by atoms with Crippen molar-refractivity contribution in [1.82, 2.24) is 19.4 Å². The lowest BCUT2D eigenvalue weighted by molar-refractivity contribution is 0.101. The summed E-state index contributed by atoms with van der Waals surface area (Å²) in [6.45, 7) is 6.83. The fourth-order valence-electron chi connectivity index (χ4n) is 5.35. The predicted octanol–water partition coefficient (Wildman–Crippen LogP) is 4.00. The molecule has 1 unspecified atom stereocenters. The lowest BCUT2D eigenvalue weighted by Crippen LogP contribution is -2.54. The number of halogens is 2. The molecule has 3 aromatic rings. The number of nitrogens with one attached hydrogen (secondary N) is 1. The van der Waals surface area contributed by atoms with E-state index in [-0.39, 0.29) is 19.4 Å². The normalized spacial score (nSPS) is 20.3. The van der Waals surface area contributed by atoms with Gasteiger partial charge in [-0.05, 0) is 61.9 Å². The number of hydrogen-bond acceptors (Lipinski definition) is 7. The minimum Gasteiger partial charge on any atom is -0.395 e. The third-order valence-electron chi connectivity index (χ3n) is 7.36. The van der Waals surface area contributed by atoms with Gasteiger partial charge in [-0.1, -0.05) is 29.3 Å². The van der Waals surface area contributed by atoms with Crippen LogP contribution in [0.25, 0.3) is 11.0 Å². The van der Waals surface area contributed by atoms with Crippen LogP contribution < -0.4 is 10.2 Å². The van der Waals surface area contributed by atoms with E-state index in [4.69, 9.17) is 33.2 Å². The van der Waals surface area contributed by atoms with Gasteiger partial charge in [-0.25, -0.2) is 0 Å². The standard InChI is InChI=1S/C25H32Cl2N6O2/c1-16(20-5-4-19(26)11-22(20)27)28-23-21-6-8-32(15-35)24(21)30-25(29-23)33-13-18(14-33)17-3-2-7-31(12-17)9-10-34/h4-6,8,11,16-18,34-35H,2-3,7,9-10,12-15H2,1H3,(H,28,29,30)/t16?,17-/m0/s1. The number of hydrogen-bond donors (Lipinski definition) is 3. The summed E-state index contributed by atoms with van der Waals surface area (Å²) in [5.74, 6) is 2.62. The zero-order chi connectivity index (χ0) is 24.5. The molecule has 8 nitrogen and oxygen atoms in total. The molecule has 0 aliphatic carbocycles. The van der Waals surface area contributed by atoms with E-state index in [0.29, 0.717) is 39.3 Å². The van der Waals surface area contributed by atoms with E-state index < -0.39 is 0 Å². The van der Waals surface area contributed by atoms with Crippen molar-refractivity contribution in [2.45, 2.75) is 32.5 Å². The molecule has 2 aliphatic heterocycles. The van der Waals surface area contributed by atoms with Gasteiger partial charge in [0.15, 0.2) is 0 Å². The number of benzene rings is 1. The Morgan fingerprint density at radius 2 is 1.94 bits per heavy atom. The van der Waals surface area contributed by atoms with Crippen LogP contribution in [0.3, 0.4) is 0 Å². The summed E-state index contributed by atoms with van der Waals surface area (Å²) in [7, 11) is 0. The molecule has 35 heavy (non-hydrogen) atoms. The number of anilines is 2. The van der Waals surface area contributed by atoms with E-state index >= 15 is 0 Å². The summed E-state index contributed by atoms with van der Waals surface area (Å²) >= 11 is 12.5. The Bertz CT molecular complexity index is 1180. The van der Waals surface area contributed by atoms with Crippen molar-refractivity contribution >= 4 is 46.0 Å². The maximum absolute atomic E-state index is 9.84. The minimum atomic E-state index is -0.149. The number of rotatable bonds is 8. The van der Waals surface area contributed by atoms with Gasteiger partial charge >= 0.3 is 0 Å². The molecular formula is C25H32Cl2N6O2. The van der Waals surface area contributed by atoms with E-state index in [1.165, 1.54) is 12.8 Å². The fourth-order valence-corrected chi connectivity index (χ4v) is 5.92. The Morgan fingerprint density at radius 3 is 2.69 bits per heavy atom. The smallest absolute Gasteiger partial charge is 0.229 e. The molecule has 2 saturated heterocycles. The zero-order valence-electron chi connectivity index (χ0n) is 19.9. The molecule has 3 N–H and O–H groups in total. The van der Waals surface area contributed by atoms with Crippen molar-refractivity contribution in [3.05, 3.63) is 46.1 Å². The molecule has 0 spiro atoms. The Hall–Kier alpha value is -2.10. The van der Waals surface area contributed by atoms with Gasteiger partial charge in [0.2, 0.25) is 5.95 Å². The average Bonchev–Trinajstić information content (AvgIpc) is 3.22. The van der Waals surface area contributed by atoms with Crippen molar-refractivity contribution in [3.8, 4) is 0 Å². The van der Waals surface area contributed by atoms with Gasteiger partial charge in [0.1, 0.15) is 18.2 Å². The fraction of sp³-hybridized carbons (Fsp3) is 0.520. The molecular weight excluding hydrogens is 487 g/mol. The van der Waals surface area contributed by atoms with Gasteiger partial charge in [-0.15, -0.1) is 0 Å². The van der Waals surface area contributed by atoms with E-state index in [9.17, 15) is 10.2 Å². The number of aliphatic hydroxyl groups excluding tert-OH is 2. The van der Waals surface area contributed by atoms with Crippen LogP contribution in [0.15, 0.2) is 30.5 Å². The molecule has 2 aliphatic rings. The highest BCUT2D eigenvalue weighted by Crippen LogP contribution is 2.35. The van der Waals surface area contributed by atoms with Crippen LogP contribution in [0.1, 0.15) is 31.4 Å². The van der Waals surface area contributed by atoms with Crippen molar-refractivity contribution in [2.24, 2.45) is 11.8 Å². The van der Waals surface area contributed by atoms with Gasteiger partial charge in [0.05, 0.1) is 18.0 Å². The van der Waals surface area contributed by atoms with Crippen LogP contribution in [-0.2, 0) is 6.73 Å². The second-order valence-corrected chi connectivity index (χ2v) is 10.5. The Labute approximate surface area is 215 Å². The number of nitrogens with zero attached hydrogens (tertiary/aromatic N) is 5. The first-order chi connectivity index (χ1) is 17.0. The second kappa shape index (κ2) is 10.5. The molecule has 2 atom stereocenters. The highest BCUT2D eigenvalue weighted by molar-refractivity contribution is 6.35. The molecule has 10 heteroatoms. The molecule has 0 amide bonds. The first-order valence-corrected chi connectivity index (χ1v) is 13.0. The lowest BCUT2D eigenvalue weighted by atomic mass is 9.81. The summed E-state index contributed by atoms with van der Waals surface area (Å²) in [6, 6.07) is 7.31. The van der Waals surface area contributed by atoms with Crippen LogP contribution in [0.4, 0.5) is 11.8 Å². The first-order valence-electron chi connectivity index (χ1n) is 12.2. The van der Waals surface area contributed by atoms with Crippen LogP contribution in [0.5, 0.6) is 0 Å². The van der Waals surface area contributed by atoms with Gasteiger partial charge < -0.3 is 29.9 Å². The summed E-state index contributed by atoms with van der Waals surface area (Å²) in [5, 5.41) is 24.7. The molecule has 4 heterocycles. The second-order valence-electron chi connectivity index (χ2n) is 9.66. The summed E-state index contributed by atoms with van der Waals surface area (Å²) < 4.78 is 1.72. The van der Waals surface area contributed by atoms with Crippen molar-refractivity contribution in [2.75, 3.05) is 49.5 Å². The topological polar surface area (TPSA) is 89.7 Å². The molecule has 0 radical (unpaired) electrons. The molecule has 2 fully saturated rings. The van der Waals surface area contributed by atoms with Crippen molar-refractivity contribution in [1.29, 1.82) is 0 Å². The maximum atomic E-state index is 9.84. The largest absolute Gasteiger partial charge is 0.395 e. The maximum Gasteiger partial charge on any atom is 0.229 e. The molecule has 2 aromatic heterocycles. The Morgan fingerprint density at radius 1 is 1.11 bits per heavy atom. The van der Waals surface area contributed by atoms with Gasteiger partial charge in [0, 0.05) is 42.4 Å². The predicted molar refractivity (Wildman–Crippen MR) is 140 cm³/mol. The number of piperidine rings is 1. The Kier molecular flexibility index (Phi) is 7.37. The van der Waals surface area contributed by atoms with E-state index in [0.717, 1.165) is 43.7 Å². The third kappa shape index (κ3) is 5.08. The first kappa shape index (κ1) is 24.6. The average molecular weight is 519 g/mol. The molecule has 188 valence electrons. The van der Waals surface area contributed by atoms with Crippen LogP contribution in [0, 0.1) is 11.8 Å².